The molecule has 0 saturated carbocycles. The van der Waals surface area contributed by atoms with Crippen molar-refractivity contribution < 1.29 is 9.84 Å². The average molecular weight is 179 g/mol. The smallest absolute Gasteiger partial charge is 0.125 e. The highest BCUT2D eigenvalue weighted by Gasteiger charge is 2.25. The maximum absolute atomic E-state index is 9.66. The third kappa shape index (κ3) is 1.87. The highest BCUT2D eigenvalue weighted by molar-refractivity contribution is 5.08. The molecular weight excluding hydrogens is 166 g/mol. The van der Waals surface area contributed by atoms with Crippen molar-refractivity contribution in [2.45, 2.75) is 25.0 Å². The van der Waals surface area contributed by atoms with Gasteiger partial charge in [-0.05, 0) is 25.0 Å². The number of aromatic nitrogens is 1. The van der Waals surface area contributed by atoms with Crippen molar-refractivity contribution in [1.82, 2.24) is 4.98 Å². The topological polar surface area (TPSA) is 42.4 Å². The second-order valence-corrected chi connectivity index (χ2v) is 3.26. The fourth-order valence-electron chi connectivity index (χ4n) is 1.59. The van der Waals surface area contributed by atoms with Gasteiger partial charge in [-0.15, -0.1) is 0 Å². The van der Waals surface area contributed by atoms with Crippen molar-refractivity contribution in [2.24, 2.45) is 0 Å². The summed E-state index contributed by atoms with van der Waals surface area (Å²) in [5.41, 5.74) is 0.828. The number of rotatable bonds is 1. The maximum atomic E-state index is 9.66. The molecule has 13 heavy (non-hydrogen) atoms. The van der Waals surface area contributed by atoms with Crippen LogP contribution < -0.4 is 0 Å². The molecule has 1 aromatic rings. The van der Waals surface area contributed by atoms with Crippen LogP contribution in [0.3, 0.4) is 0 Å². The number of aliphatic hydroxyl groups is 1. The van der Waals surface area contributed by atoms with Gasteiger partial charge in [-0.3, -0.25) is 4.98 Å². The Morgan fingerprint density at radius 3 is 3.08 bits per heavy atom. The molecule has 2 heterocycles. The predicted molar refractivity (Wildman–Crippen MR) is 48.2 cm³/mol. The zero-order valence-electron chi connectivity index (χ0n) is 7.39. The largest absolute Gasteiger partial charge is 0.390 e. The van der Waals surface area contributed by atoms with Crippen molar-refractivity contribution in [3.05, 3.63) is 30.1 Å². The van der Waals surface area contributed by atoms with E-state index in [4.69, 9.17) is 4.74 Å². The minimum atomic E-state index is -0.399. The summed E-state index contributed by atoms with van der Waals surface area (Å²) in [7, 11) is 0. The molecule has 0 amide bonds. The fourth-order valence-corrected chi connectivity index (χ4v) is 1.59. The Bertz CT molecular complexity index is 263. The fraction of sp³-hybridized carbons (Fsp3) is 0.500. The zero-order chi connectivity index (χ0) is 9.10. The van der Waals surface area contributed by atoms with Crippen LogP contribution in [0.1, 0.15) is 24.6 Å². The molecule has 0 aromatic carbocycles. The van der Waals surface area contributed by atoms with Crippen LogP contribution in [0.15, 0.2) is 24.4 Å². The van der Waals surface area contributed by atoms with E-state index in [9.17, 15) is 5.11 Å². The first kappa shape index (κ1) is 8.66. The molecule has 70 valence electrons. The summed E-state index contributed by atoms with van der Waals surface area (Å²) >= 11 is 0. The van der Waals surface area contributed by atoms with E-state index in [0.29, 0.717) is 0 Å². The third-order valence-electron chi connectivity index (χ3n) is 2.27. The summed E-state index contributed by atoms with van der Waals surface area (Å²) in [6.45, 7) is 0.721. The van der Waals surface area contributed by atoms with Gasteiger partial charge in [0.1, 0.15) is 6.10 Å². The summed E-state index contributed by atoms with van der Waals surface area (Å²) < 4.78 is 5.46. The zero-order valence-corrected chi connectivity index (χ0v) is 7.39. The van der Waals surface area contributed by atoms with Crippen LogP contribution >= 0.6 is 0 Å². The molecule has 1 aromatic heterocycles. The standard InChI is InChI=1S/C10H13NO2/c12-9-5-3-7-13-10(9)8-4-1-2-6-11-8/h1-2,4,6,9-10,12H,3,5,7H2. The first-order valence-electron chi connectivity index (χ1n) is 4.58. The van der Waals surface area contributed by atoms with E-state index in [1.165, 1.54) is 0 Å². The van der Waals surface area contributed by atoms with Gasteiger partial charge in [0.05, 0.1) is 11.8 Å². The minimum Gasteiger partial charge on any atom is -0.390 e. The molecule has 1 N–H and O–H groups in total. The molecule has 1 fully saturated rings. The summed E-state index contributed by atoms with van der Waals surface area (Å²) in [5, 5.41) is 9.66. The lowest BCUT2D eigenvalue weighted by Crippen LogP contribution is -2.27. The molecule has 0 aliphatic carbocycles. The molecule has 0 spiro atoms. The molecule has 0 radical (unpaired) electrons. The second kappa shape index (κ2) is 3.85. The molecule has 2 atom stereocenters. The Hall–Kier alpha value is -0.930. The Morgan fingerprint density at radius 2 is 2.38 bits per heavy atom. The molecule has 1 saturated heterocycles. The van der Waals surface area contributed by atoms with Crippen LogP contribution in [-0.2, 0) is 4.74 Å². The molecule has 2 unspecified atom stereocenters. The van der Waals surface area contributed by atoms with Crippen LogP contribution in [0, 0.1) is 0 Å². The highest BCUT2D eigenvalue weighted by Crippen LogP contribution is 2.26. The van der Waals surface area contributed by atoms with E-state index in [2.05, 4.69) is 4.98 Å². The van der Waals surface area contributed by atoms with Crippen molar-refractivity contribution in [3.8, 4) is 0 Å². The van der Waals surface area contributed by atoms with Crippen molar-refractivity contribution in [3.63, 3.8) is 0 Å². The van der Waals surface area contributed by atoms with Gasteiger partial charge in [-0.2, -0.15) is 0 Å². The van der Waals surface area contributed by atoms with E-state index in [1.54, 1.807) is 6.20 Å². The Morgan fingerprint density at radius 1 is 1.46 bits per heavy atom. The molecule has 0 bridgehead atoms. The predicted octanol–water partition coefficient (Wildman–Crippen LogP) is 1.29. The number of aliphatic hydroxyl groups excluding tert-OH is 1. The van der Waals surface area contributed by atoms with Gasteiger partial charge in [0.2, 0.25) is 0 Å². The van der Waals surface area contributed by atoms with Crippen LogP contribution in [0.25, 0.3) is 0 Å². The summed E-state index contributed by atoms with van der Waals surface area (Å²) in [4.78, 5) is 4.17. The molecule has 1 aliphatic heterocycles. The Labute approximate surface area is 77.4 Å². The monoisotopic (exact) mass is 179 g/mol. The molecular formula is C10H13NO2. The SMILES string of the molecule is OC1CCCOC1c1ccccn1. The highest BCUT2D eigenvalue weighted by atomic mass is 16.5. The van der Waals surface area contributed by atoms with Crippen LogP contribution in [0.2, 0.25) is 0 Å². The minimum absolute atomic E-state index is 0.227. The van der Waals surface area contributed by atoms with Gasteiger partial charge < -0.3 is 9.84 Å². The summed E-state index contributed by atoms with van der Waals surface area (Å²) in [5.74, 6) is 0. The first-order chi connectivity index (χ1) is 6.38. The van der Waals surface area contributed by atoms with E-state index in [-0.39, 0.29) is 6.10 Å². The van der Waals surface area contributed by atoms with Crippen molar-refractivity contribution in [1.29, 1.82) is 0 Å². The number of nitrogens with zero attached hydrogens (tertiary/aromatic N) is 1. The summed E-state index contributed by atoms with van der Waals surface area (Å²) in [6, 6.07) is 5.66. The lowest BCUT2D eigenvalue weighted by Gasteiger charge is -2.27. The molecule has 3 heteroatoms. The number of hydrogen-bond donors (Lipinski definition) is 1. The molecule has 3 nitrogen and oxygen atoms in total. The first-order valence-corrected chi connectivity index (χ1v) is 4.58. The van der Waals surface area contributed by atoms with E-state index >= 15 is 0 Å². The van der Waals surface area contributed by atoms with Gasteiger partial charge in [-0.1, -0.05) is 6.07 Å². The Balaban J connectivity index is 2.15. The van der Waals surface area contributed by atoms with Crippen LogP contribution in [-0.4, -0.2) is 22.8 Å². The number of hydrogen-bond acceptors (Lipinski definition) is 3. The van der Waals surface area contributed by atoms with Gasteiger partial charge in [0, 0.05) is 12.8 Å². The van der Waals surface area contributed by atoms with Crippen LogP contribution in [0.5, 0.6) is 0 Å². The van der Waals surface area contributed by atoms with Crippen molar-refractivity contribution in [2.75, 3.05) is 6.61 Å². The number of pyridine rings is 1. The van der Waals surface area contributed by atoms with Gasteiger partial charge in [0.25, 0.3) is 0 Å². The van der Waals surface area contributed by atoms with Gasteiger partial charge >= 0.3 is 0 Å². The summed E-state index contributed by atoms with van der Waals surface area (Å²) in [6.07, 6.45) is 2.84. The molecule has 1 aliphatic rings. The van der Waals surface area contributed by atoms with E-state index in [0.717, 1.165) is 25.1 Å². The quantitative estimate of drug-likeness (QED) is 0.706. The van der Waals surface area contributed by atoms with Gasteiger partial charge in [-0.25, -0.2) is 0 Å². The third-order valence-corrected chi connectivity index (χ3v) is 2.27. The lowest BCUT2D eigenvalue weighted by molar-refractivity contribution is -0.0778. The van der Waals surface area contributed by atoms with Crippen molar-refractivity contribution >= 4 is 0 Å². The normalized spacial score (nSPS) is 28.7. The number of ether oxygens (including phenoxy) is 1. The van der Waals surface area contributed by atoms with E-state index < -0.39 is 6.10 Å². The Kier molecular flexibility index (Phi) is 2.57. The lowest BCUT2D eigenvalue weighted by atomic mass is 10.0. The van der Waals surface area contributed by atoms with E-state index in [1.807, 2.05) is 18.2 Å². The molecule has 2 rings (SSSR count). The van der Waals surface area contributed by atoms with Gasteiger partial charge in [0.15, 0.2) is 0 Å². The maximum Gasteiger partial charge on any atom is 0.125 e. The second-order valence-electron chi connectivity index (χ2n) is 3.26. The average Bonchev–Trinajstić information content (AvgIpc) is 2.20. The van der Waals surface area contributed by atoms with Crippen LogP contribution in [0.4, 0.5) is 0 Å².